The molecular weight excluding hydrogens is 206 g/mol. The van der Waals surface area contributed by atoms with Crippen molar-refractivity contribution in [3.63, 3.8) is 0 Å². The smallest absolute Gasteiger partial charge is 0.173 e. The van der Waals surface area contributed by atoms with Crippen molar-refractivity contribution < 1.29 is 5.21 Å². The fraction of sp³-hybridized carbons (Fsp3) is 0.500. The van der Waals surface area contributed by atoms with Crippen LogP contribution in [0.1, 0.15) is 18.4 Å². The van der Waals surface area contributed by atoms with Gasteiger partial charge in [0.25, 0.3) is 0 Å². The first-order chi connectivity index (χ1) is 7.72. The molecule has 0 amide bonds. The molecule has 0 spiro atoms. The molecule has 6 nitrogen and oxygen atoms in total. The Hall–Kier alpha value is -1.85. The highest BCUT2D eigenvalue weighted by molar-refractivity contribution is 6.01. The lowest BCUT2D eigenvalue weighted by Crippen LogP contribution is -2.26. The van der Waals surface area contributed by atoms with Crippen molar-refractivity contribution in [2.45, 2.75) is 12.8 Å². The van der Waals surface area contributed by atoms with Crippen LogP contribution in [-0.2, 0) is 0 Å². The molecule has 1 aromatic heterocycles. The molecule has 0 atom stereocenters. The molecule has 0 bridgehead atoms. The van der Waals surface area contributed by atoms with E-state index in [9.17, 15) is 0 Å². The van der Waals surface area contributed by atoms with Gasteiger partial charge in [-0.2, -0.15) is 5.10 Å². The largest absolute Gasteiger partial charge is 0.409 e. The van der Waals surface area contributed by atoms with E-state index >= 15 is 0 Å². The predicted octanol–water partition coefficient (Wildman–Crippen LogP) is 0.417. The molecule has 1 saturated carbocycles. The third-order valence-corrected chi connectivity index (χ3v) is 2.68. The molecule has 1 fully saturated rings. The van der Waals surface area contributed by atoms with Gasteiger partial charge in [-0.15, -0.1) is 5.10 Å². The third kappa shape index (κ3) is 2.21. The van der Waals surface area contributed by atoms with Crippen LogP contribution in [0.15, 0.2) is 17.4 Å². The summed E-state index contributed by atoms with van der Waals surface area (Å²) in [6.45, 7) is 0.935. The zero-order valence-corrected chi connectivity index (χ0v) is 9.17. The van der Waals surface area contributed by atoms with Crippen molar-refractivity contribution in [2.75, 3.05) is 18.5 Å². The summed E-state index contributed by atoms with van der Waals surface area (Å²) < 4.78 is 0. The topological polar surface area (TPSA) is 87.6 Å². The fourth-order valence-corrected chi connectivity index (χ4v) is 1.63. The number of amidine groups is 1. The van der Waals surface area contributed by atoms with E-state index in [1.165, 1.54) is 19.0 Å². The Kier molecular flexibility index (Phi) is 2.89. The molecular formula is C10H15N5O. The summed E-state index contributed by atoms with van der Waals surface area (Å²) in [4.78, 5) is 2.00. The monoisotopic (exact) mass is 221 g/mol. The molecule has 16 heavy (non-hydrogen) atoms. The van der Waals surface area contributed by atoms with E-state index in [0.29, 0.717) is 11.4 Å². The molecule has 2 rings (SSSR count). The van der Waals surface area contributed by atoms with E-state index in [0.717, 1.165) is 12.5 Å². The van der Waals surface area contributed by atoms with Gasteiger partial charge in [-0.3, -0.25) is 0 Å². The number of nitrogens with two attached hydrogens (primary N) is 1. The number of nitrogens with zero attached hydrogens (tertiary/aromatic N) is 4. The van der Waals surface area contributed by atoms with Crippen LogP contribution in [0.5, 0.6) is 0 Å². The Morgan fingerprint density at radius 2 is 2.44 bits per heavy atom. The Bertz CT molecular complexity index is 402. The summed E-state index contributed by atoms with van der Waals surface area (Å²) in [5.41, 5.74) is 6.20. The lowest BCUT2D eigenvalue weighted by Gasteiger charge is -2.19. The molecule has 1 heterocycles. The van der Waals surface area contributed by atoms with Crippen molar-refractivity contribution >= 4 is 11.7 Å². The van der Waals surface area contributed by atoms with Crippen LogP contribution < -0.4 is 10.6 Å². The molecule has 3 N–H and O–H groups in total. The lowest BCUT2D eigenvalue weighted by molar-refractivity contribution is 0.318. The van der Waals surface area contributed by atoms with Crippen LogP contribution in [0.2, 0.25) is 0 Å². The van der Waals surface area contributed by atoms with E-state index in [1.54, 1.807) is 6.07 Å². The van der Waals surface area contributed by atoms with Gasteiger partial charge in [0.15, 0.2) is 11.7 Å². The molecule has 6 heteroatoms. The van der Waals surface area contributed by atoms with Crippen molar-refractivity contribution in [2.24, 2.45) is 16.8 Å². The van der Waals surface area contributed by atoms with Crippen LogP contribution >= 0.6 is 0 Å². The van der Waals surface area contributed by atoms with E-state index < -0.39 is 0 Å². The van der Waals surface area contributed by atoms with Crippen molar-refractivity contribution in [3.05, 3.63) is 17.8 Å². The molecule has 86 valence electrons. The molecule has 0 aliphatic heterocycles. The molecule has 1 aliphatic rings. The van der Waals surface area contributed by atoms with E-state index in [-0.39, 0.29) is 5.84 Å². The van der Waals surface area contributed by atoms with Crippen LogP contribution in [0.3, 0.4) is 0 Å². The number of aromatic nitrogens is 2. The maximum Gasteiger partial charge on any atom is 0.173 e. The zero-order chi connectivity index (χ0) is 11.5. The van der Waals surface area contributed by atoms with Crippen LogP contribution in [-0.4, -0.2) is 34.8 Å². The highest BCUT2D eigenvalue weighted by Gasteiger charge is 2.24. The summed E-state index contributed by atoms with van der Waals surface area (Å²) in [6.07, 6.45) is 4.06. The second-order valence-corrected chi connectivity index (χ2v) is 4.08. The summed E-state index contributed by atoms with van der Waals surface area (Å²) in [5, 5.41) is 19.5. The van der Waals surface area contributed by atoms with E-state index in [4.69, 9.17) is 10.9 Å². The first-order valence-corrected chi connectivity index (χ1v) is 5.23. The zero-order valence-electron chi connectivity index (χ0n) is 9.17. The third-order valence-electron chi connectivity index (χ3n) is 2.68. The maximum atomic E-state index is 8.68. The van der Waals surface area contributed by atoms with Gasteiger partial charge in [0.2, 0.25) is 0 Å². The second kappa shape index (κ2) is 4.34. The standard InChI is InChI=1S/C10H15N5O/c1-15(6-7-2-3-7)10-8(9(11)14-16)4-5-12-13-10/h4-5,7,16H,2-3,6H2,1H3,(H2,11,14). The SMILES string of the molecule is CN(CC1CC1)c1nnccc1/C(N)=N/O. The Balaban J connectivity index is 2.23. The quantitative estimate of drug-likeness (QED) is 0.333. The average molecular weight is 221 g/mol. The summed E-state index contributed by atoms with van der Waals surface area (Å²) in [6, 6.07) is 1.70. The van der Waals surface area contributed by atoms with Gasteiger partial charge in [-0.25, -0.2) is 0 Å². The number of rotatable bonds is 4. The highest BCUT2D eigenvalue weighted by atomic mass is 16.4. The van der Waals surface area contributed by atoms with Crippen molar-refractivity contribution in [3.8, 4) is 0 Å². The van der Waals surface area contributed by atoms with Gasteiger partial charge in [0.05, 0.1) is 11.8 Å². The molecule has 0 aromatic carbocycles. The molecule has 0 unspecified atom stereocenters. The maximum absolute atomic E-state index is 8.68. The Morgan fingerprint density at radius 1 is 1.69 bits per heavy atom. The van der Waals surface area contributed by atoms with Crippen LogP contribution in [0.25, 0.3) is 0 Å². The number of hydrogen-bond donors (Lipinski definition) is 2. The summed E-state index contributed by atoms with van der Waals surface area (Å²) in [5.74, 6) is 1.46. The van der Waals surface area contributed by atoms with Gasteiger partial charge in [0, 0.05) is 13.6 Å². The minimum absolute atomic E-state index is 0.0625. The first-order valence-electron chi connectivity index (χ1n) is 5.23. The van der Waals surface area contributed by atoms with Crippen LogP contribution in [0.4, 0.5) is 5.82 Å². The van der Waals surface area contributed by atoms with Gasteiger partial charge in [-0.05, 0) is 24.8 Å². The van der Waals surface area contributed by atoms with E-state index in [2.05, 4.69) is 15.4 Å². The van der Waals surface area contributed by atoms with Crippen molar-refractivity contribution in [1.29, 1.82) is 0 Å². The first kappa shape index (κ1) is 10.7. The van der Waals surface area contributed by atoms with Gasteiger partial charge in [-0.1, -0.05) is 5.16 Å². The number of oxime groups is 1. The summed E-state index contributed by atoms with van der Waals surface area (Å²) in [7, 11) is 1.94. The predicted molar refractivity (Wildman–Crippen MR) is 60.5 cm³/mol. The van der Waals surface area contributed by atoms with Crippen molar-refractivity contribution in [1.82, 2.24) is 10.2 Å². The molecule has 0 radical (unpaired) electrons. The van der Waals surface area contributed by atoms with Gasteiger partial charge in [0.1, 0.15) is 0 Å². The number of hydrogen-bond acceptors (Lipinski definition) is 5. The van der Waals surface area contributed by atoms with Crippen LogP contribution in [0, 0.1) is 5.92 Å². The van der Waals surface area contributed by atoms with Gasteiger partial charge < -0.3 is 15.8 Å². The fourth-order valence-electron chi connectivity index (χ4n) is 1.63. The average Bonchev–Trinajstić information content (AvgIpc) is 3.12. The minimum Gasteiger partial charge on any atom is -0.409 e. The lowest BCUT2D eigenvalue weighted by atomic mass is 10.2. The number of anilines is 1. The summed E-state index contributed by atoms with van der Waals surface area (Å²) >= 11 is 0. The molecule has 1 aromatic rings. The minimum atomic E-state index is 0.0625. The normalized spacial score (nSPS) is 16.2. The van der Waals surface area contributed by atoms with E-state index in [1.807, 2.05) is 11.9 Å². The molecule has 0 saturated heterocycles. The Labute approximate surface area is 93.8 Å². The Morgan fingerprint density at radius 3 is 3.06 bits per heavy atom. The highest BCUT2D eigenvalue weighted by Crippen LogP contribution is 2.30. The second-order valence-electron chi connectivity index (χ2n) is 4.08. The molecule has 1 aliphatic carbocycles. The van der Waals surface area contributed by atoms with Gasteiger partial charge >= 0.3 is 0 Å².